The number of nitrogens with zero attached hydrogens (tertiary/aromatic N) is 3. The van der Waals surface area contributed by atoms with Gasteiger partial charge in [0.15, 0.2) is 0 Å². The van der Waals surface area contributed by atoms with E-state index in [1.165, 1.54) is 4.90 Å². The molecule has 0 aliphatic carbocycles. The third-order valence-corrected chi connectivity index (χ3v) is 5.81. The first-order valence-electron chi connectivity index (χ1n) is 11.1. The van der Waals surface area contributed by atoms with Gasteiger partial charge in [0.2, 0.25) is 0 Å². The van der Waals surface area contributed by atoms with Gasteiger partial charge in [-0.05, 0) is 62.2 Å². The normalized spacial score (nSPS) is 17.5. The molecule has 0 bridgehead atoms. The Balaban J connectivity index is 1.70. The molecule has 3 aromatic rings. The molecule has 4 rings (SSSR count). The van der Waals surface area contributed by atoms with Crippen molar-refractivity contribution >= 4 is 29.1 Å². The first-order valence-corrected chi connectivity index (χ1v) is 11.5. The van der Waals surface area contributed by atoms with Crippen molar-refractivity contribution in [2.75, 3.05) is 6.54 Å². The largest absolute Gasteiger partial charge is 0.507 e. The maximum atomic E-state index is 13.1. The molecule has 1 atom stereocenters. The number of benzene rings is 2. The number of imidazole rings is 1. The predicted octanol–water partition coefficient (Wildman–Crippen LogP) is 4.84. The maximum Gasteiger partial charge on any atom is 0.295 e. The molecular formula is C26H26ClN3O4. The number of aryl methyl sites for hydroxylation is 1. The molecule has 0 saturated carbocycles. The van der Waals surface area contributed by atoms with Crippen LogP contribution in [0.15, 0.2) is 72.8 Å². The van der Waals surface area contributed by atoms with E-state index < -0.39 is 17.7 Å². The third kappa shape index (κ3) is 4.99. The number of carbonyl (C=O) groups is 2. The SMILES string of the molecule is CC(C)Oc1ccc(C(O)=C2C(=O)C(=O)N(CCCn3ccnc3)[C@@H]2c2cccc(Cl)c2)cc1. The number of ketones is 1. The third-order valence-electron chi connectivity index (χ3n) is 5.58. The average Bonchev–Trinajstić information content (AvgIpc) is 3.41. The zero-order valence-corrected chi connectivity index (χ0v) is 19.8. The summed E-state index contributed by atoms with van der Waals surface area (Å²) in [5.41, 5.74) is 1.14. The highest BCUT2D eigenvalue weighted by Crippen LogP contribution is 2.40. The molecule has 1 aliphatic heterocycles. The van der Waals surface area contributed by atoms with E-state index in [0.717, 1.165) is 0 Å². The molecule has 7 nitrogen and oxygen atoms in total. The van der Waals surface area contributed by atoms with E-state index in [2.05, 4.69) is 4.98 Å². The van der Waals surface area contributed by atoms with Gasteiger partial charge in [-0.2, -0.15) is 0 Å². The van der Waals surface area contributed by atoms with Gasteiger partial charge >= 0.3 is 0 Å². The molecular weight excluding hydrogens is 454 g/mol. The highest BCUT2D eigenvalue weighted by Gasteiger charge is 2.45. The van der Waals surface area contributed by atoms with Gasteiger partial charge in [-0.25, -0.2) is 4.98 Å². The van der Waals surface area contributed by atoms with E-state index in [0.29, 0.717) is 41.4 Å². The van der Waals surface area contributed by atoms with Crippen LogP contribution in [-0.4, -0.2) is 43.9 Å². The van der Waals surface area contributed by atoms with Gasteiger partial charge in [0.05, 0.1) is 24.0 Å². The lowest BCUT2D eigenvalue weighted by atomic mass is 9.95. The minimum atomic E-state index is -0.743. The molecule has 176 valence electrons. The summed E-state index contributed by atoms with van der Waals surface area (Å²) >= 11 is 6.23. The Morgan fingerprint density at radius 2 is 1.91 bits per heavy atom. The van der Waals surface area contributed by atoms with E-state index in [1.54, 1.807) is 61.1 Å². The Labute approximate surface area is 203 Å². The minimum Gasteiger partial charge on any atom is -0.507 e. The van der Waals surface area contributed by atoms with Crippen LogP contribution in [0.3, 0.4) is 0 Å². The number of carbonyl (C=O) groups excluding carboxylic acids is 2. The number of aromatic nitrogens is 2. The molecule has 0 unspecified atom stereocenters. The minimum absolute atomic E-state index is 0.00919. The van der Waals surface area contributed by atoms with E-state index in [-0.39, 0.29) is 17.4 Å². The molecule has 8 heteroatoms. The Hall–Kier alpha value is -3.58. The van der Waals surface area contributed by atoms with Crippen molar-refractivity contribution < 1.29 is 19.4 Å². The highest BCUT2D eigenvalue weighted by atomic mass is 35.5. The summed E-state index contributed by atoms with van der Waals surface area (Å²) in [6.45, 7) is 4.82. The Morgan fingerprint density at radius 3 is 2.56 bits per heavy atom. The van der Waals surface area contributed by atoms with Gasteiger partial charge in [-0.3, -0.25) is 9.59 Å². The quantitative estimate of drug-likeness (QED) is 0.284. The van der Waals surface area contributed by atoms with Crippen LogP contribution in [0.1, 0.15) is 37.4 Å². The predicted molar refractivity (Wildman–Crippen MR) is 130 cm³/mol. The lowest BCUT2D eigenvalue weighted by Gasteiger charge is -2.25. The number of rotatable bonds is 8. The molecule has 1 aliphatic rings. The molecule has 1 fully saturated rings. The smallest absolute Gasteiger partial charge is 0.295 e. The topological polar surface area (TPSA) is 84.7 Å². The number of aliphatic hydroxyl groups is 1. The second-order valence-electron chi connectivity index (χ2n) is 8.39. The Kier molecular flexibility index (Phi) is 7.03. The number of aliphatic hydroxyl groups excluding tert-OH is 1. The molecule has 2 heterocycles. The van der Waals surface area contributed by atoms with Crippen LogP contribution in [-0.2, 0) is 16.1 Å². The zero-order valence-electron chi connectivity index (χ0n) is 19.0. The van der Waals surface area contributed by atoms with Crippen LogP contribution in [0.2, 0.25) is 5.02 Å². The van der Waals surface area contributed by atoms with Crippen molar-refractivity contribution in [1.82, 2.24) is 14.5 Å². The van der Waals surface area contributed by atoms with Crippen LogP contribution in [0.4, 0.5) is 0 Å². The van der Waals surface area contributed by atoms with Crippen LogP contribution < -0.4 is 4.74 Å². The molecule has 0 spiro atoms. The fourth-order valence-corrected chi connectivity index (χ4v) is 4.29. The Morgan fingerprint density at radius 1 is 1.15 bits per heavy atom. The van der Waals surface area contributed by atoms with Crippen LogP contribution >= 0.6 is 11.6 Å². The summed E-state index contributed by atoms with van der Waals surface area (Å²) in [5.74, 6) is -0.932. The first kappa shape index (κ1) is 23.6. The monoisotopic (exact) mass is 479 g/mol. The molecule has 1 N–H and O–H groups in total. The van der Waals surface area contributed by atoms with Crippen molar-refractivity contribution in [2.45, 2.75) is 39.0 Å². The summed E-state index contributed by atoms with van der Waals surface area (Å²) in [6.07, 6.45) is 5.86. The molecule has 2 aromatic carbocycles. The van der Waals surface area contributed by atoms with E-state index in [4.69, 9.17) is 16.3 Å². The number of ether oxygens (including phenoxy) is 1. The van der Waals surface area contributed by atoms with E-state index in [9.17, 15) is 14.7 Å². The number of amides is 1. The van der Waals surface area contributed by atoms with Gasteiger partial charge < -0.3 is 19.3 Å². The summed E-state index contributed by atoms with van der Waals surface area (Å²) < 4.78 is 7.57. The van der Waals surface area contributed by atoms with Gasteiger partial charge in [-0.15, -0.1) is 0 Å². The standard InChI is InChI=1S/C26H26ClN3O4/c1-17(2)34-21-9-7-18(8-10-21)24(31)22-23(19-5-3-6-20(27)15-19)30(26(33)25(22)32)13-4-12-29-14-11-28-16-29/h3,5-11,14-17,23,31H,4,12-13H2,1-2H3/t23-/m1/s1. The number of hydrogen-bond donors (Lipinski definition) is 1. The summed E-state index contributed by atoms with van der Waals surface area (Å²) in [7, 11) is 0. The van der Waals surface area contributed by atoms with Gasteiger partial charge in [-0.1, -0.05) is 23.7 Å². The fraction of sp³-hybridized carbons (Fsp3) is 0.269. The van der Waals surface area contributed by atoms with Crippen LogP contribution in [0.25, 0.3) is 5.76 Å². The number of Topliss-reactive ketones (excluding diaryl/α,β-unsaturated/α-hetero) is 1. The van der Waals surface area contributed by atoms with Crippen LogP contribution in [0.5, 0.6) is 5.75 Å². The van der Waals surface area contributed by atoms with Crippen molar-refractivity contribution in [3.63, 3.8) is 0 Å². The molecule has 34 heavy (non-hydrogen) atoms. The van der Waals surface area contributed by atoms with E-state index in [1.807, 2.05) is 24.6 Å². The second kappa shape index (κ2) is 10.1. The molecule has 1 saturated heterocycles. The molecule has 1 aromatic heterocycles. The lowest BCUT2D eigenvalue weighted by molar-refractivity contribution is -0.139. The molecule has 0 radical (unpaired) electrons. The first-order chi connectivity index (χ1) is 16.3. The average molecular weight is 480 g/mol. The van der Waals surface area contributed by atoms with Gasteiger partial charge in [0.1, 0.15) is 11.5 Å². The van der Waals surface area contributed by atoms with Crippen molar-refractivity contribution in [3.05, 3.63) is 89.0 Å². The molecule has 1 amide bonds. The van der Waals surface area contributed by atoms with E-state index >= 15 is 0 Å². The summed E-state index contributed by atoms with van der Waals surface area (Å²) in [4.78, 5) is 31.7. The van der Waals surface area contributed by atoms with Gasteiger partial charge in [0.25, 0.3) is 11.7 Å². The number of likely N-dealkylation sites (tertiary alicyclic amines) is 1. The van der Waals surface area contributed by atoms with Crippen molar-refractivity contribution in [1.29, 1.82) is 0 Å². The Bertz CT molecular complexity index is 1200. The summed E-state index contributed by atoms with van der Waals surface area (Å²) in [5, 5.41) is 11.7. The van der Waals surface area contributed by atoms with Crippen molar-refractivity contribution in [2.24, 2.45) is 0 Å². The van der Waals surface area contributed by atoms with Crippen molar-refractivity contribution in [3.8, 4) is 5.75 Å². The lowest BCUT2D eigenvalue weighted by Crippen LogP contribution is -2.31. The second-order valence-corrected chi connectivity index (χ2v) is 8.83. The van der Waals surface area contributed by atoms with Gasteiger partial charge in [0, 0.05) is 36.1 Å². The number of hydrogen-bond acceptors (Lipinski definition) is 5. The van der Waals surface area contributed by atoms with Crippen LogP contribution in [0, 0.1) is 0 Å². The number of halogens is 1. The highest BCUT2D eigenvalue weighted by molar-refractivity contribution is 6.46. The fourth-order valence-electron chi connectivity index (χ4n) is 4.10. The zero-order chi connectivity index (χ0) is 24.2. The maximum absolute atomic E-state index is 13.1. The summed E-state index contributed by atoms with van der Waals surface area (Å²) in [6, 6.07) is 13.1.